The monoisotopic (exact) mass is 249 g/mol. The zero-order chi connectivity index (χ0) is 11.9. The van der Waals surface area contributed by atoms with Gasteiger partial charge in [-0.05, 0) is 38.1 Å². The highest BCUT2D eigenvalue weighted by Crippen LogP contribution is 2.33. The molecule has 17 heavy (non-hydrogen) atoms. The van der Waals surface area contributed by atoms with Gasteiger partial charge >= 0.3 is 0 Å². The van der Waals surface area contributed by atoms with Gasteiger partial charge in [0.05, 0.1) is 10.5 Å². The minimum atomic E-state index is 0.146. The smallest absolute Gasteiger partial charge is 0.113 e. The lowest BCUT2D eigenvalue weighted by molar-refractivity contribution is 0.321. The number of rotatable bonds is 1. The van der Waals surface area contributed by atoms with Crippen LogP contribution in [0.4, 0.5) is 0 Å². The first-order valence-electron chi connectivity index (χ1n) is 6.04. The number of aromatic amines is 1. The lowest BCUT2D eigenvalue weighted by Crippen LogP contribution is -2.38. The van der Waals surface area contributed by atoms with Gasteiger partial charge in [-0.15, -0.1) is 0 Å². The number of benzene rings is 1. The molecule has 1 aliphatic heterocycles. The summed E-state index contributed by atoms with van der Waals surface area (Å²) in [5.41, 5.74) is 2.07. The molecular formula is C13H16ClN3. The van der Waals surface area contributed by atoms with Crippen molar-refractivity contribution in [3.8, 4) is 0 Å². The second-order valence-corrected chi connectivity index (χ2v) is 5.44. The molecule has 1 saturated heterocycles. The van der Waals surface area contributed by atoms with Gasteiger partial charge in [-0.2, -0.15) is 0 Å². The fraction of sp³-hybridized carbons (Fsp3) is 0.462. The van der Waals surface area contributed by atoms with Crippen LogP contribution in [-0.4, -0.2) is 23.1 Å². The van der Waals surface area contributed by atoms with Gasteiger partial charge in [0.15, 0.2) is 0 Å². The van der Waals surface area contributed by atoms with E-state index in [-0.39, 0.29) is 5.41 Å². The van der Waals surface area contributed by atoms with Crippen LogP contribution < -0.4 is 5.32 Å². The van der Waals surface area contributed by atoms with Crippen LogP contribution in [0.5, 0.6) is 0 Å². The summed E-state index contributed by atoms with van der Waals surface area (Å²) in [6.07, 6.45) is 2.23. The number of piperidine rings is 1. The van der Waals surface area contributed by atoms with E-state index >= 15 is 0 Å². The Labute approximate surface area is 106 Å². The zero-order valence-corrected chi connectivity index (χ0v) is 10.6. The molecule has 2 N–H and O–H groups in total. The minimum absolute atomic E-state index is 0.146. The van der Waals surface area contributed by atoms with Crippen molar-refractivity contribution in [2.75, 3.05) is 13.1 Å². The van der Waals surface area contributed by atoms with E-state index in [1.165, 1.54) is 0 Å². The van der Waals surface area contributed by atoms with E-state index in [2.05, 4.69) is 17.2 Å². The molecule has 1 aromatic carbocycles. The average molecular weight is 250 g/mol. The Morgan fingerprint density at radius 1 is 1.29 bits per heavy atom. The Morgan fingerprint density at radius 3 is 2.76 bits per heavy atom. The summed E-state index contributed by atoms with van der Waals surface area (Å²) < 4.78 is 0. The van der Waals surface area contributed by atoms with E-state index in [4.69, 9.17) is 16.6 Å². The van der Waals surface area contributed by atoms with Crippen molar-refractivity contribution in [1.82, 2.24) is 15.3 Å². The van der Waals surface area contributed by atoms with E-state index in [0.717, 1.165) is 47.8 Å². The zero-order valence-electron chi connectivity index (χ0n) is 9.89. The second kappa shape index (κ2) is 4.00. The number of para-hydroxylation sites is 1. The molecule has 0 atom stereocenters. The Kier molecular flexibility index (Phi) is 2.60. The molecule has 0 spiro atoms. The van der Waals surface area contributed by atoms with Gasteiger partial charge in [-0.25, -0.2) is 4.98 Å². The molecule has 2 heterocycles. The summed E-state index contributed by atoms with van der Waals surface area (Å²) in [6.45, 7) is 4.39. The lowest BCUT2D eigenvalue weighted by atomic mass is 9.80. The Morgan fingerprint density at radius 2 is 2.06 bits per heavy atom. The van der Waals surface area contributed by atoms with Crippen LogP contribution in [0.3, 0.4) is 0 Å². The third-order valence-electron chi connectivity index (χ3n) is 3.74. The number of hydrogen-bond acceptors (Lipinski definition) is 2. The van der Waals surface area contributed by atoms with Crippen LogP contribution in [0.1, 0.15) is 25.6 Å². The van der Waals surface area contributed by atoms with Crippen molar-refractivity contribution in [2.45, 2.75) is 25.2 Å². The highest BCUT2D eigenvalue weighted by atomic mass is 35.5. The van der Waals surface area contributed by atoms with Crippen molar-refractivity contribution in [3.05, 3.63) is 29.0 Å². The number of aromatic nitrogens is 2. The predicted molar refractivity (Wildman–Crippen MR) is 70.6 cm³/mol. The van der Waals surface area contributed by atoms with E-state index in [1.807, 2.05) is 18.2 Å². The van der Waals surface area contributed by atoms with Gasteiger partial charge < -0.3 is 10.3 Å². The van der Waals surface area contributed by atoms with Crippen molar-refractivity contribution in [1.29, 1.82) is 0 Å². The summed E-state index contributed by atoms with van der Waals surface area (Å²) in [7, 11) is 0. The summed E-state index contributed by atoms with van der Waals surface area (Å²) in [5, 5.41) is 4.11. The topological polar surface area (TPSA) is 40.7 Å². The molecule has 3 rings (SSSR count). The molecule has 0 saturated carbocycles. The van der Waals surface area contributed by atoms with E-state index in [0.29, 0.717) is 0 Å². The maximum atomic E-state index is 6.16. The van der Waals surface area contributed by atoms with Crippen LogP contribution in [-0.2, 0) is 5.41 Å². The summed E-state index contributed by atoms with van der Waals surface area (Å²) >= 11 is 6.16. The summed E-state index contributed by atoms with van der Waals surface area (Å²) in [4.78, 5) is 8.12. The van der Waals surface area contributed by atoms with Crippen LogP contribution in [0.25, 0.3) is 11.0 Å². The fourth-order valence-corrected chi connectivity index (χ4v) is 2.72. The second-order valence-electron chi connectivity index (χ2n) is 5.03. The molecular weight excluding hydrogens is 234 g/mol. The van der Waals surface area contributed by atoms with Gasteiger partial charge in [-0.1, -0.05) is 24.6 Å². The first-order chi connectivity index (χ1) is 8.19. The lowest BCUT2D eigenvalue weighted by Gasteiger charge is -2.32. The molecule has 90 valence electrons. The Balaban J connectivity index is 2.08. The molecule has 1 aliphatic rings. The molecule has 0 amide bonds. The number of fused-ring (bicyclic) bond motifs is 1. The van der Waals surface area contributed by atoms with Crippen molar-refractivity contribution < 1.29 is 0 Å². The van der Waals surface area contributed by atoms with Gasteiger partial charge in [-0.3, -0.25) is 0 Å². The Hall–Kier alpha value is -1.06. The highest BCUT2D eigenvalue weighted by Gasteiger charge is 2.31. The highest BCUT2D eigenvalue weighted by molar-refractivity contribution is 6.34. The summed E-state index contributed by atoms with van der Waals surface area (Å²) in [5.74, 6) is 1.07. The van der Waals surface area contributed by atoms with E-state index < -0.39 is 0 Å². The van der Waals surface area contributed by atoms with Crippen molar-refractivity contribution in [3.63, 3.8) is 0 Å². The quantitative estimate of drug-likeness (QED) is 0.816. The van der Waals surface area contributed by atoms with E-state index in [9.17, 15) is 0 Å². The van der Waals surface area contributed by atoms with Gasteiger partial charge in [0.2, 0.25) is 0 Å². The largest absolute Gasteiger partial charge is 0.341 e. The standard InChI is InChI=1S/C13H16ClN3/c1-13(5-7-15-8-6-13)12-16-10-4-2-3-9(14)11(10)17-12/h2-4,15H,5-8H2,1H3,(H,16,17). The maximum Gasteiger partial charge on any atom is 0.113 e. The predicted octanol–water partition coefficient (Wildman–Crippen LogP) is 2.86. The van der Waals surface area contributed by atoms with Crippen LogP contribution in [0, 0.1) is 0 Å². The van der Waals surface area contributed by atoms with Gasteiger partial charge in [0.1, 0.15) is 11.3 Å². The average Bonchev–Trinajstić information content (AvgIpc) is 2.76. The van der Waals surface area contributed by atoms with Gasteiger partial charge in [0, 0.05) is 5.41 Å². The van der Waals surface area contributed by atoms with Crippen LogP contribution >= 0.6 is 11.6 Å². The van der Waals surface area contributed by atoms with E-state index in [1.54, 1.807) is 0 Å². The van der Waals surface area contributed by atoms with Crippen molar-refractivity contribution >= 4 is 22.6 Å². The number of halogens is 1. The molecule has 1 aromatic heterocycles. The third-order valence-corrected chi connectivity index (χ3v) is 4.05. The van der Waals surface area contributed by atoms with Crippen LogP contribution in [0.2, 0.25) is 5.02 Å². The van der Waals surface area contributed by atoms with Gasteiger partial charge in [0.25, 0.3) is 0 Å². The first-order valence-corrected chi connectivity index (χ1v) is 6.42. The molecule has 0 bridgehead atoms. The minimum Gasteiger partial charge on any atom is -0.341 e. The fourth-order valence-electron chi connectivity index (χ4n) is 2.50. The molecule has 3 nitrogen and oxygen atoms in total. The number of nitrogens with zero attached hydrogens (tertiary/aromatic N) is 1. The molecule has 0 unspecified atom stereocenters. The number of imidazole rings is 1. The normalized spacial score (nSPS) is 19.6. The number of H-pyrrole nitrogens is 1. The third kappa shape index (κ3) is 1.83. The van der Waals surface area contributed by atoms with Crippen LogP contribution in [0.15, 0.2) is 18.2 Å². The Bertz CT molecular complexity index is 541. The summed E-state index contributed by atoms with van der Waals surface area (Å²) in [6, 6.07) is 5.87. The number of nitrogens with one attached hydrogen (secondary N) is 2. The number of hydrogen-bond donors (Lipinski definition) is 2. The van der Waals surface area contributed by atoms with Crippen molar-refractivity contribution in [2.24, 2.45) is 0 Å². The molecule has 1 fully saturated rings. The molecule has 2 aromatic rings. The molecule has 0 radical (unpaired) electrons. The molecule has 0 aliphatic carbocycles. The maximum absolute atomic E-state index is 6.16. The first kappa shape index (κ1) is 11.1. The SMILES string of the molecule is CC1(c2nc3c(Cl)cccc3[nH]2)CCNCC1. The molecule has 4 heteroatoms.